The molecule has 0 saturated heterocycles. The van der Waals surface area contributed by atoms with Crippen molar-refractivity contribution < 1.29 is 9.53 Å². The van der Waals surface area contributed by atoms with E-state index < -0.39 is 0 Å². The fourth-order valence-electron chi connectivity index (χ4n) is 2.05. The molecule has 0 radical (unpaired) electrons. The molecule has 2 aromatic rings. The minimum absolute atomic E-state index is 0.114. The molecule has 0 aromatic heterocycles. The fourth-order valence-corrected chi connectivity index (χ4v) is 2.23. The summed E-state index contributed by atoms with van der Waals surface area (Å²) >= 11 is 6.05. The summed E-state index contributed by atoms with van der Waals surface area (Å²) < 4.78 is 5.64. The van der Waals surface area contributed by atoms with Crippen LogP contribution in [-0.2, 0) is 4.79 Å². The summed E-state index contributed by atoms with van der Waals surface area (Å²) in [6, 6.07) is 13.0. The number of anilines is 1. The Hall–Kier alpha value is -2.26. The van der Waals surface area contributed by atoms with Gasteiger partial charge in [-0.15, -0.1) is 0 Å². The first kappa shape index (κ1) is 17.1. The Labute approximate surface area is 141 Å². The first-order chi connectivity index (χ1) is 11.0. The molecule has 0 aliphatic carbocycles. The minimum atomic E-state index is -0.203. The van der Waals surface area contributed by atoms with E-state index in [1.54, 1.807) is 18.2 Å². The zero-order valence-corrected chi connectivity index (χ0v) is 14.2. The summed E-state index contributed by atoms with van der Waals surface area (Å²) in [5, 5.41) is 3.46. The Morgan fingerprint density at radius 1 is 1.22 bits per heavy atom. The molecule has 1 amide bonds. The van der Waals surface area contributed by atoms with Gasteiger partial charge in [0.15, 0.2) is 0 Å². The van der Waals surface area contributed by atoms with Gasteiger partial charge in [0, 0.05) is 16.8 Å². The van der Waals surface area contributed by atoms with Gasteiger partial charge in [0.2, 0.25) is 5.91 Å². The first-order valence-electron chi connectivity index (χ1n) is 7.46. The topological polar surface area (TPSA) is 38.3 Å². The second-order valence-corrected chi connectivity index (χ2v) is 5.88. The highest BCUT2D eigenvalue weighted by Crippen LogP contribution is 2.23. The molecule has 120 valence electrons. The molecule has 2 aromatic carbocycles. The second kappa shape index (κ2) is 7.84. The van der Waals surface area contributed by atoms with Crippen molar-refractivity contribution in [2.45, 2.75) is 26.9 Å². The molecular weight excluding hydrogens is 310 g/mol. The molecule has 0 saturated carbocycles. The van der Waals surface area contributed by atoms with E-state index in [-0.39, 0.29) is 12.0 Å². The summed E-state index contributed by atoms with van der Waals surface area (Å²) in [6.07, 6.45) is 3.36. The van der Waals surface area contributed by atoms with E-state index >= 15 is 0 Å². The molecule has 0 aliphatic rings. The van der Waals surface area contributed by atoms with Crippen molar-refractivity contribution in [1.82, 2.24) is 0 Å². The zero-order valence-electron chi connectivity index (χ0n) is 13.5. The van der Waals surface area contributed by atoms with Crippen LogP contribution in [0.15, 0.2) is 48.5 Å². The Kier molecular flexibility index (Phi) is 5.83. The average Bonchev–Trinajstić information content (AvgIpc) is 2.50. The lowest BCUT2D eigenvalue weighted by Crippen LogP contribution is -2.09. The van der Waals surface area contributed by atoms with Crippen LogP contribution in [-0.4, -0.2) is 12.0 Å². The van der Waals surface area contributed by atoms with Crippen molar-refractivity contribution >= 4 is 29.3 Å². The highest BCUT2D eigenvalue weighted by atomic mass is 35.5. The van der Waals surface area contributed by atoms with Gasteiger partial charge in [-0.25, -0.2) is 0 Å². The van der Waals surface area contributed by atoms with E-state index in [0.29, 0.717) is 10.7 Å². The second-order valence-electron chi connectivity index (χ2n) is 5.47. The Morgan fingerprint density at radius 3 is 2.70 bits per heavy atom. The number of hydrogen-bond donors (Lipinski definition) is 1. The Balaban J connectivity index is 2.05. The van der Waals surface area contributed by atoms with Crippen molar-refractivity contribution in [1.29, 1.82) is 0 Å². The largest absolute Gasteiger partial charge is 0.491 e. The van der Waals surface area contributed by atoms with Gasteiger partial charge < -0.3 is 10.1 Å². The lowest BCUT2D eigenvalue weighted by atomic mass is 10.2. The minimum Gasteiger partial charge on any atom is -0.491 e. The van der Waals surface area contributed by atoms with Gasteiger partial charge in [0.05, 0.1) is 6.10 Å². The van der Waals surface area contributed by atoms with Crippen LogP contribution in [0.3, 0.4) is 0 Å². The molecule has 0 bridgehead atoms. The molecule has 0 fully saturated rings. The number of hydrogen-bond acceptors (Lipinski definition) is 2. The molecule has 0 spiro atoms. The van der Waals surface area contributed by atoms with Gasteiger partial charge in [-0.1, -0.05) is 29.8 Å². The maximum Gasteiger partial charge on any atom is 0.248 e. The van der Waals surface area contributed by atoms with Gasteiger partial charge in [-0.05, 0) is 62.2 Å². The molecule has 0 atom stereocenters. The van der Waals surface area contributed by atoms with E-state index in [0.717, 1.165) is 16.9 Å². The maximum atomic E-state index is 12.0. The predicted molar refractivity (Wildman–Crippen MR) is 96.1 cm³/mol. The number of amides is 1. The van der Waals surface area contributed by atoms with Crippen LogP contribution in [0.5, 0.6) is 5.75 Å². The number of carbonyl (C=O) groups excluding carboxylic acids is 1. The van der Waals surface area contributed by atoms with Crippen molar-refractivity contribution in [2.24, 2.45) is 0 Å². The smallest absolute Gasteiger partial charge is 0.248 e. The molecular formula is C19H20ClNO2. The summed E-state index contributed by atoms with van der Waals surface area (Å²) in [5.41, 5.74) is 2.47. The Bertz CT molecular complexity index is 723. The number of benzene rings is 2. The van der Waals surface area contributed by atoms with Crippen LogP contribution in [0.1, 0.15) is 25.0 Å². The summed E-state index contributed by atoms with van der Waals surface area (Å²) in [5.74, 6) is 0.582. The van der Waals surface area contributed by atoms with Crippen LogP contribution in [0, 0.1) is 6.92 Å². The fraction of sp³-hybridized carbons (Fsp3) is 0.211. The highest BCUT2D eigenvalue weighted by Gasteiger charge is 2.04. The summed E-state index contributed by atoms with van der Waals surface area (Å²) in [6.45, 7) is 5.82. The van der Waals surface area contributed by atoms with E-state index in [9.17, 15) is 4.79 Å². The van der Waals surface area contributed by atoms with E-state index in [2.05, 4.69) is 5.32 Å². The molecule has 3 nitrogen and oxygen atoms in total. The van der Waals surface area contributed by atoms with Crippen molar-refractivity contribution in [3.8, 4) is 5.75 Å². The van der Waals surface area contributed by atoms with E-state index in [1.165, 1.54) is 6.08 Å². The number of rotatable bonds is 5. The number of nitrogens with one attached hydrogen (secondary N) is 1. The quantitative estimate of drug-likeness (QED) is 0.776. The number of ether oxygens (including phenoxy) is 1. The van der Waals surface area contributed by atoms with Crippen molar-refractivity contribution in [2.75, 3.05) is 5.32 Å². The Morgan fingerprint density at radius 2 is 1.96 bits per heavy atom. The van der Waals surface area contributed by atoms with E-state index in [1.807, 2.05) is 51.1 Å². The molecule has 23 heavy (non-hydrogen) atoms. The SMILES string of the molecule is Cc1c(Cl)cccc1NC(=O)/C=C/c1cccc(OC(C)C)c1. The lowest BCUT2D eigenvalue weighted by molar-refractivity contribution is -0.111. The van der Waals surface area contributed by atoms with Gasteiger partial charge in [-0.2, -0.15) is 0 Å². The van der Waals surface area contributed by atoms with Crippen LogP contribution in [0.25, 0.3) is 6.08 Å². The average molecular weight is 330 g/mol. The normalized spacial score (nSPS) is 11.0. The summed E-state index contributed by atoms with van der Waals surface area (Å²) in [4.78, 5) is 12.0. The van der Waals surface area contributed by atoms with Crippen LogP contribution in [0.2, 0.25) is 5.02 Å². The molecule has 0 heterocycles. The van der Waals surface area contributed by atoms with Crippen molar-refractivity contribution in [3.05, 3.63) is 64.7 Å². The molecule has 2 rings (SSSR count). The van der Waals surface area contributed by atoms with Crippen LogP contribution < -0.4 is 10.1 Å². The van der Waals surface area contributed by atoms with Crippen molar-refractivity contribution in [3.63, 3.8) is 0 Å². The molecule has 0 aliphatic heterocycles. The lowest BCUT2D eigenvalue weighted by Gasteiger charge is -2.09. The molecule has 0 unspecified atom stereocenters. The highest BCUT2D eigenvalue weighted by molar-refractivity contribution is 6.31. The van der Waals surface area contributed by atoms with Crippen LogP contribution in [0.4, 0.5) is 5.69 Å². The standard InChI is InChI=1S/C19H20ClNO2/c1-13(2)23-16-7-4-6-15(12-16)10-11-19(22)21-18-9-5-8-17(20)14(18)3/h4-13H,1-3H3,(H,21,22)/b11-10+. The predicted octanol–water partition coefficient (Wildman–Crippen LogP) is 5.09. The maximum absolute atomic E-state index is 12.0. The van der Waals surface area contributed by atoms with E-state index in [4.69, 9.17) is 16.3 Å². The molecule has 1 N–H and O–H groups in total. The third-order valence-corrected chi connectivity index (χ3v) is 3.59. The zero-order chi connectivity index (χ0) is 16.8. The number of carbonyl (C=O) groups is 1. The van der Waals surface area contributed by atoms with Crippen LogP contribution >= 0.6 is 11.6 Å². The first-order valence-corrected chi connectivity index (χ1v) is 7.84. The number of halogens is 1. The van der Waals surface area contributed by atoms with Gasteiger partial charge in [0.25, 0.3) is 0 Å². The van der Waals surface area contributed by atoms with Gasteiger partial charge in [-0.3, -0.25) is 4.79 Å². The summed E-state index contributed by atoms with van der Waals surface area (Å²) in [7, 11) is 0. The van der Waals surface area contributed by atoms with Gasteiger partial charge >= 0.3 is 0 Å². The monoisotopic (exact) mass is 329 g/mol. The molecule has 4 heteroatoms. The third kappa shape index (κ3) is 5.15. The van der Waals surface area contributed by atoms with Gasteiger partial charge in [0.1, 0.15) is 5.75 Å². The third-order valence-electron chi connectivity index (χ3n) is 3.18.